The van der Waals surface area contributed by atoms with E-state index in [9.17, 15) is 9.18 Å². The van der Waals surface area contributed by atoms with Gasteiger partial charge in [0, 0.05) is 37.7 Å². The van der Waals surface area contributed by atoms with Crippen LogP contribution in [0.3, 0.4) is 0 Å². The van der Waals surface area contributed by atoms with Crippen molar-refractivity contribution in [3.05, 3.63) is 41.9 Å². The van der Waals surface area contributed by atoms with Gasteiger partial charge in [0.05, 0.1) is 18.6 Å². The fourth-order valence-corrected chi connectivity index (χ4v) is 4.67. The van der Waals surface area contributed by atoms with Crippen molar-refractivity contribution >= 4 is 5.97 Å². The Morgan fingerprint density at radius 1 is 1.40 bits per heavy atom. The standard InChI is InChI=1S/C23H29FN2O4/c1-2-29-22(27)23(9-5-10-26(16-23)14-17-8-11-28-15-17)13-18-12-21(25-30-18)19-6-3-4-7-20(19)24/h3-4,6-7,12,17H,2,5,8-11,13-16H2,1H3/t17-,23-/m0/s1. The predicted molar refractivity (Wildman–Crippen MR) is 109 cm³/mol. The third-order valence-electron chi connectivity index (χ3n) is 6.13. The average Bonchev–Trinajstić information content (AvgIpc) is 3.41. The molecule has 3 heterocycles. The van der Waals surface area contributed by atoms with Crippen molar-refractivity contribution in [2.24, 2.45) is 11.3 Å². The van der Waals surface area contributed by atoms with Crippen LogP contribution >= 0.6 is 0 Å². The topological polar surface area (TPSA) is 64.8 Å². The molecule has 2 fully saturated rings. The number of rotatable bonds is 7. The summed E-state index contributed by atoms with van der Waals surface area (Å²) in [4.78, 5) is 15.4. The SMILES string of the molecule is CCOC(=O)[C@]1(Cc2cc(-c3ccccc3F)no2)CCCN(C[C@@H]2CCOC2)C1. The molecule has 4 rings (SSSR count). The Balaban J connectivity index is 1.53. The van der Waals surface area contributed by atoms with Gasteiger partial charge in [-0.3, -0.25) is 4.79 Å². The van der Waals surface area contributed by atoms with Crippen LogP contribution in [0.4, 0.5) is 4.39 Å². The predicted octanol–water partition coefficient (Wildman–Crippen LogP) is 3.71. The lowest BCUT2D eigenvalue weighted by Crippen LogP contribution is -2.50. The quantitative estimate of drug-likeness (QED) is 0.641. The second-order valence-electron chi connectivity index (χ2n) is 8.40. The molecule has 7 heteroatoms. The van der Waals surface area contributed by atoms with Gasteiger partial charge in [-0.2, -0.15) is 0 Å². The summed E-state index contributed by atoms with van der Waals surface area (Å²) < 4.78 is 30.6. The van der Waals surface area contributed by atoms with Crippen LogP contribution < -0.4 is 0 Å². The van der Waals surface area contributed by atoms with Crippen molar-refractivity contribution in [3.63, 3.8) is 0 Å². The van der Waals surface area contributed by atoms with E-state index in [1.165, 1.54) is 6.07 Å². The molecule has 2 atom stereocenters. The van der Waals surface area contributed by atoms with E-state index in [0.29, 0.717) is 42.5 Å². The summed E-state index contributed by atoms with van der Waals surface area (Å²) in [6, 6.07) is 8.21. The number of carbonyl (C=O) groups is 1. The summed E-state index contributed by atoms with van der Waals surface area (Å²) >= 11 is 0. The van der Waals surface area contributed by atoms with E-state index in [4.69, 9.17) is 14.0 Å². The van der Waals surface area contributed by atoms with Gasteiger partial charge in [0.15, 0.2) is 0 Å². The first-order chi connectivity index (χ1) is 14.6. The number of halogens is 1. The molecule has 0 N–H and O–H groups in total. The maximum absolute atomic E-state index is 14.1. The molecule has 0 bridgehead atoms. The Labute approximate surface area is 176 Å². The fourth-order valence-electron chi connectivity index (χ4n) is 4.67. The van der Waals surface area contributed by atoms with Crippen LogP contribution in [0.5, 0.6) is 0 Å². The number of likely N-dealkylation sites (tertiary alicyclic amines) is 1. The van der Waals surface area contributed by atoms with Crippen LogP contribution in [0.2, 0.25) is 0 Å². The molecule has 0 spiro atoms. The number of aromatic nitrogens is 1. The van der Waals surface area contributed by atoms with Gasteiger partial charge >= 0.3 is 5.97 Å². The molecule has 0 saturated carbocycles. The van der Waals surface area contributed by atoms with Crippen LogP contribution in [0.25, 0.3) is 11.3 Å². The molecular weight excluding hydrogens is 387 g/mol. The van der Waals surface area contributed by atoms with Crippen LogP contribution in [0.15, 0.2) is 34.9 Å². The minimum Gasteiger partial charge on any atom is -0.466 e. The Morgan fingerprint density at radius 3 is 3.03 bits per heavy atom. The molecule has 0 amide bonds. The number of esters is 1. The highest BCUT2D eigenvalue weighted by Crippen LogP contribution is 2.37. The summed E-state index contributed by atoms with van der Waals surface area (Å²) in [6.07, 6.45) is 3.11. The third-order valence-corrected chi connectivity index (χ3v) is 6.13. The molecular formula is C23H29FN2O4. The lowest BCUT2D eigenvalue weighted by molar-refractivity contribution is -0.159. The summed E-state index contributed by atoms with van der Waals surface area (Å²) in [7, 11) is 0. The van der Waals surface area contributed by atoms with Gasteiger partial charge in [0.2, 0.25) is 0 Å². The zero-order chi connectivity index (χ0) is 21.0. The zero-order valence-corrected chi connectivity index (χ0v) is 17.4. The molecule has 2 aromatic rings. The molecule has 1 aromatic carbocycles. The summed E-state index contributed by atoms with van der Waals surface area (Å²) in [5.41, 5.74) is 0.154. The minimum atomic E-state index is -0.681. The molecule has 6 nitrogen and oxygen atoms in total. The Kier molecular flexibility index (Phi) is 6.49. The van der Waals surface area contributed by atoms with E-state index in [0.717, 1.165) is 45.6 Å². The minimum absolute atomic E-state index is 0.193. The number of piperidine rings is 1. The highest BCUT2D eigenvalue weighted by Gasteiger charge is 2.45. The lowest BCUT2D eigenvalue weighted by Gasteiger charge is -2.41. The number of ether oxygens (including phenoxy) is 2. The van der Waals surface area contributed by atoms with Crippen molar-refractivity contribution < 1.29 is 23.2 Å². The van der Waals surface area contributed by atoms with E-state index < -0.39 is 5.41 Å². The molecule has 2 aliphatic heterocycles. The first kappa shape index (κ1) is 21.0. The Hall–Kier alpha value is -2.25. The van der Waals surface area contributed by atoms with Crippen LogP contribution in [-0.2, 0) is 20.7 Å². The summed E-state index contributed by atoms with van der Waals surface area (Å²) in [6.45, 7) is 6.29. The zero-order valence-electron chi connectivity index (χ0n) is 17.4. The van der Waals surface area contributed by atoms with Gasteiger partial charge in [0.1, 0.15) is 17.3 Å². The second-order valence-corrected chi connectivity index (χ2v) is 8.40. The number of carbonyl (C=O) groups excluding carboxylic acids is 1. The van der Waals surface area contributed by atoms with Crippen LogP contribution in [-0.4, -0.2) is 55.5 Å². The molecule has 30 heavy (non-hydrogen) atoms. The van der Waals surface area contributed by atoms with Crippen molar-refractivity contribution in [2.45, 2.75) is 32.6 Å². The molecule has 2 aliphatic rings. The smallest absolute Gasteiger partial charge is 0.313 e. The average molecular weight is 416 g/mol. The molecule has 2 saturated heterocycles. The first-order valence-corrected chi connectivity index (χ1v) is 10.8. The van der Waals surface area contributed by atoms with Crippen molar-refractivity contribution in [3.8, 4) is 11.3 Å². The molecule has 0 aliphatic carbocycles. The highest BCUT2D eigenvalue weighted by molar-refractivity contribution is 5.77. The lowest BCUT2D eigenvalue weighted by atomic mass is 9.76. The monoisotopic (exact) mass is 416 g/mol. The highest BCUT2D eigenvalue weighted by atomic mass is 19.1. The molecule has 0 unspecified atom stereocenters. The first-order valence-electron chi connectivity index (χ1n) is 10.8. The van der Waals surface area contributed by atoms with E-state index in [1.54, 1.807) is 24.3 Å². The number of hydrogen-bond acceptors (Lipinski definition) is 6. The van der Waals surface area contributed by atoms with E-state index in [1.807, 2.05) is 6.92 Å². The van der Waals surface area contributed by atoms with Gasteiger partial charge in [-0.05, 0) is 50.8 Å². The normalized spacial score (nSPS) is 24.8. The number of benzene rings is 1. The van der Waals surface area contributed by atoms with Crippen molar-refractivity contribution in [1.82, 2.24) is 10.1 Å². The third kappa shape index (κ3) is 4.57. The number of nitrogens with zero attached hydrogens (tertiary/aromatic N) is 2. The fraction of sp³-hybridized carbons (Fsp3) is 0.565. The van der Waals surface area contributed by atoms with E-state index >= 15 is 0 Å². The van der Waals surface area contributed by atoms with Gasteiger partial charge in [-0.1, -0.05) is 17.3 Å². The summed E-state index contributed by atoms with van der Waals surface area (Å²) in [5.74, 6) is 0.551. The van der Waals surface area contributed by atoms with Gasteiger partial charge < -0.3 is 18.9 Å². The van der Waals surface area contributed by atoms with Gasteiger partial charge in [0.25, 0.3) is 0 Å². The molecule has 162 valence electrons. The number of hydrogen-bond donors (Lipinski definition) is 0. The van der Waals surface area contributed by atoms with E-state index in [2.05, 4.69) is 10.1 Å². The van der Waals surface area contributed by atoms with Crippen molar-refractivity contribution in [2.75, 3.05) is 39.5 Å². The van der Waals surface area contributed by atoms with Crippen LogP contribution in [0.1, 0.15) is 31.9 Å². The van der Waals surface area contributed by atoms with Gasteiger partial charge in [-0.25, -0.2) is 4.39 Å². The Morgan fingerprint density at radius 2 is 2.27 bits per heavy atom. The molecule has 0 radical (unpaired) electrons. The Bertz CT molecular complexity index is 864. The maximum atomic E-state index is 14.1. The summed E-state index contributed by atoms with van der Waals surface area (Å²) in [5, 5.41) is 4.05. The van der Waals surface area contributed by atoms with Crippen LogP contribution in [0, 0.1) is 17.2 Å². The van der Waals surface area contributed by atoms with Crippen molar-refractivity contribution in [1.29, 1.82) is 0 Å². The largest absolute Gasteiger partial charge is 0.466 e. The van der Waals surface area contributed by atoms with Gasteiger partial charge in [-0.15, -0.1) is 0 Å². The van der Waals surface area contributed by atoms with E-state index in [-0.39, 0.29) is 11.8 Å². The molecule has 1 aromatic heterocycles. The second kappa shape index (κ2) is 9.27. The maximum Gasteiger partial charge on any atom is 0.313 e.